The third kappa shape index (κ3) is 2.51. The Morgan fingerprint density at radius 3 is 2.75 bits per heavy atom. The summed E-state index contributed by atoms with van der Waals surface area (Å²) in [6, 6.07) is 3.75. The van der Waals surface area contributed by atoms with Gasteiger partial charge in [-0.25, -0.2) is 4.98 Å². The van der Waals surface area contributed by atoms with Crippen molar-refractivity contribution in [2.45, 2.75) is 32.0 Å². The number of aliphatic hydroxyl groups is 2. The minimum Gasteiger partial charge on any atom is -0.393 e. The molecule has 0 saturated carbocycles. The molecule has 1 aliphatic rings. The van der Waals surface area contributed by atoms with Crippen LogP contribution in [0.25, 0.3) is 0 Å². The molecule has 1 aliphatic heterocycles. The third-order valence-corrected chi connectivity index (χ3v) is 3.04. The zero-order chi connectivity index (χ0) is 11.5. The highest BCUT2D eigenvalue weighted by molar-refractivity contribution is 5.41. The van der Waals surface area contributed by atoms with Gasteiger partial charge in [-0.15, -0.1) is 0 Å². The molecule has 16 heavy (non-hydrogen) atoms. The Balaban J connectivity index is 2.11. The van der Waals surface area contributed by atoms with Crippen molar-refractivity contribution in [2.75, 3.05) is 18.0 Å². The SMILES string of the molecule is C[C@@H](O)c1ccnc(N2CCC(O)CC2)c1. The maximum absolute atomic E-state index is 9.50. The van der Waals surface area contributed by atoms with E-state index < -0.39 is 6.10 Å². The molecule has 0 radical (unpaired) electrons. The molecule has 88 valence electrons. The summed E-state index contributed by atoms with van der Waals surface area (Å²) in [6.45, 7) is 3.41. The molecule has 2 N–H and O–H groups in total. The number of aromatic nitrogens is 1. The minimum absolute atomic E-state index is 0.170. The van der Waals surface area contributed by atoms with Crippen LogP contribution in [0.1, 0.15) is 31.4 Å². The van der Waals surface area contributed by atoms with Gasteiger partial charge in [0, 0.05) is 19.3 Å². The zero-order valence-electron chi connectivity index (χ0n) is 9.50. The van der Waals surface area contributed by atoms with E-state index in [4.69, 9.17) is 0 Å². The van der Waals surface area contributed by atoms with Gasteiger partial charge < -0.3 is 15.1 Å². The number of pyridine rings is 1. The van der Waals surface area contributed by atoms with Gasteiger partial charge in [-0.3, -0.25) is 0 Å². The quantitative estimate of drug-likeness (QED) is 0.786. The molecular weight excluding hydrogens is 204 g/mol. The first-order valence-electron chi connectivity index (χ1n) is 5.74. The molecule has 1 atom stereocenters. The zero-order valence-corrected chi connectivity index (χ0v) is 9.50. The fourth-order valence-corrected chi connectivity index (χ4v) is 1.96. The summed E-state index contributed by atoms with van der Waals surface area (Å²) in [5, 5.41) is 18.9. The molecule has 0 aliphatic carbocycles. The van der Waals surface area contributed by atoms with Crippen LogP contribution in [0.15, 0.2) is 18.3 Å². The van der Waals surface area contributed by atoms with Gasteiger partial charge >= 0.3 is 0 Å². The lowest BCUT2D eigenvalue weighted by Crippen LogP contribution is -2.36. The standard InChI is InChI=1S/C12H18N2O2/c1-9(15)10-2-5-13-12(8-10)14-6-3-11(16)4-7-14/h2,5,8-9,11,15-16H,3-4,6-7H2,1H3/t9-/m1/s1. The minimum atomic E-state index is -0.461. The maximum Gasteiger partial charge on any atom is 0.128 e. The van der Waals surface area contributed by atoms with E-state index in [-0.39, 0.29) is 6.10 Å². The second-order valence-electron chi connectivity index (χ2n) is 4.34. The number of piperidine rings is 1. The monoisotopic (exact) mass is 222 g/mol. The molecule has 0 amide bonds. The molecule has 1 aromatic rings. The molecule has 0 spiro atoms. The summed E-state index contributed by atoms with van der Waals surface area (Å²) < 4.78 is 0. The number of nitrogens with zero attached hydrogens (tertiary/aromatic N) is 2. The van der Waals surface area contributed by atoms with Crippen LogP contribution in [0.3, 0.4) is 0 Å². The number of hydrogen-bond acceptors (Lipinski definition) is 4. The second-order valence-corrected chi connectivity index (χ2v) is 4.34. The van der Waals surface area contributed by atoms with Gasteiger partial charge in [0.05, 0.1) is 12.2 Å². The van der Waals surface area contributed by atoms with E-state index in [1.165, 1.54) is 0 Å². The lowest BCUT2D eigenvalue weighted by atomic mass is 10.1. The fraction of sp³-hybridized carbons (Fsp3) is 0.583. The number of anilines is 1. The molecular formula is C12H18N2O2. The van der Waals surface area contributed by atoms with E-state index in [0.29, 0.717) is 0 Å². The highest BCUT2D eigenvalue weighted by Gasteiger charge is 2.18. The van der Waals surface area contributed by atoms with E-state index >= 15 is 0 Å². The summed E-state index contributed by atoms with van der Waals surface area (Å²) in [4.78, 5) is 6.46. The van der Waals surface area contributed by atoms with E-state index in [1.54, 1.807) is 13.1 Å². The number of aliphatic hydroxyl groups excluding tert-OH is 2. The van der Waals surface area contributed by atoms with E-state index in [9.17, 15) is 10.2 Å². The highest BCUT2D eigenvalue weighted by Crippen LogP contribution is 2.21. The van der Waals surface area contributed by atoms with Crippen molar-refractivity contribution >= 4 is 5.82 Å². The Morgan fingerprint density at radius 1 is 1.44 bits per heavy atom. The lowest BCUT2D eigenvalue weighted by Gasteiger charge is -2.30. The molecule has 0 unspecified atom stereocenters. The average molecular weight is 222 g/mol. The van der Waals surface area contributed by atoms with Crippen LogP contribution in [0, 0.1) is 0 Å². The van der Waals surface area contributed by atoms with Gasteiger partial charge in [0.15, 0.2) is 0 Å². The summed E-state index contributed by atoms with van der Waals surface area (Å²) >= 11 is 0. The van der Waals surface area contributed by atoms with Crippen LogP contribution in [-0.2, 0) is 0 Å². The first kappa shape index (κ1) is 11.4. The normalized spacial score (nSPS) is 19.8. The molecule has 1 fully saturated rings. The van der Waals surface area contributed by atoms with Gasteiger partial charge in [-0.05, 0) is 37.5 Å². The van der Waals surface area contributed by atoms with Crippen LogP contribution in [0.5, 0.6) is 0 Å². The summed E-state index contributed by atoms with van der Waals surface area (Å²) in [5.41, 5.74) is 0.885. The predicted molar refractivity (Wildman–Crippen MR) is 62.3 cm³/mol. The Labute approximate surface area is 95.5 Å². The lowest BCUT2D eigenvalue weighted by molar-refractivity contribution is 0.145. The van der Waals surface area contributed by atoms with Crippen molar-refractivity contribution in [3.05, 3.63) is 23.9 Å². The molecule has 0 aromatic carbocycles. The third-order valence-electron chi connectivity index (χ3n) is 3.04. The highest BCUT2D eigenvalue weighted by atomic mass is 16.3. The van der Waals surface area contributed by atoms with Gasteiger partial charge in [0.1, 0.15) is 5.82 Å². The van der Waals surface area contributed by atoms with Crippen LogP contribution in [-0.4, -0.2) is 34.4 Å². The van der Waals surface area contributed by atoms with Crippen LogP contribution >= 0.6 is 0 Å². The van der Waals surface area contributed by atoms with Crippen molar-refractivity contribution in [1.82, 2.24) is 4.98 Å². The molecule has 1 saturated heterocycles. The van der Waals surface area contributed by atoms with Crippen LogP contribution in [0.4, 0.5) is 5.82 Å². The van der Waals surface area contributed by atoms with E-state index in [2.05, 4.69) is 9.88 Å². The Bertz CT molecular complexity index is 347. The van der Waals surface area contributed by atoms with Gasteiger partial charge in [-0.1, -0.05) is 0 Å². The molecule has 4 nitrogen and oxygen atoms in total. The van der Waals surface area contributed by atoms with E-state index in [1.807, 2.05) is 12.1 Å². The van der Waals surface area contributed by atoms with Crippen molar-refractivity contribution in [3.63, 3.8) is 0 Å². The van der Waals surface area contributed by atoms with Crippen molar-refractivity contribution in [1.29, 1.82) is 0 Å². The molecule has 1 aromatic heterocycles. The summed E-state index contributed by atoms with van der Waals surface area (Å²) in [5.74, 6) is 0.894. The smallest absolute Gasteiger partial charge is 0.128 e. The predicted octanol–water partition coefficient (Wildman–Crippen LogP) is 1.10. The summed E-state index contributed by atoms with van der Waals surface area (Å²) in [6.07, 6.45) is 2.68. The Hall–Kier alpha value is -1.13. The van der Waals surface area contributed by atoms with Crippen molar-refractivity contribution in [3.8, 4) is 0 Å². The van der Waals surface area contributed by atoms with Crippen molar-refractivity contribution < 1.29 is 10.2 Å². The number of hydrogen-bond donors (Lipinski definition) is 2. The van der Waals surface area contributed by atoms with Gasteiger partial charge in [0.25, 0.3) is 0 Å². The maximum atomic E-state index is 9.50. The number of rotatable bonds is 2. The molecule has 4 heteroatoms. The molecule has 2 rings (SSSR count). The Kier molecular flexibility index (Phi) is 3.41. The van der Waals surface area contributed by atoms with Crippen molar-refractivity contribution in [2.24, 2.45) is 0 Å². The topological polar surface area (TPSA) is 56.6 Å². The van der Waals surface area contributed by atoms with Crippen LogP contribution in [0.2, 0.25) is 0 Å². The molecule has 0 bridgehead atoms. The van der Waals surface area contributed by atoms with Gasteiger partial charge in [-0.2, -0.15) is 0 Å². The first-order valence-corrected chi connectivity index (χ1v) is 5.74. The average Bonchev–Trinajstić information content (AvgIpc) is 2.30. The Morgan fingerprint density at radius 2 is 2.12 bits per heavy atom. The van der Waals surface area contributed by atoms with Crippen LogP contribution < -0.4 is 4.90 Å². The van der Waals surface area contributed by atoms with E-state index in [0.717, 1.165) is 37.3 Å². The largest absolute Gasteiger partial charge is 0.393 e. The molecule has 2 heterocycles. The summed E-state index contributed by atoms with van der Waals surface area (Å²) in [7, 11) is 0. The fourth-order valence-electron chi connectivity index (χ4n) is 1.96. The second kappa shape index (κ2) is 4.80. The van der Waals surface area contributed by atoms with Gasteiger partial charge in [0.2, 0.25) is 0 Å². The first-order chi connectivity index (χ1) is 7.66.